The zero-order valence-electron chi connectivity index (χ0n) is 11.6. The fourth-order valence-electron chi connectivity index (χ4n) is 2.18. The van der Waals surface area contributed by atoms with Crippen molar-refractivity contribution >= 4 is 32.8 Å². The van der Waals surface area contributed by atoms with Crippen molar-refractivity contribution in [1.29, 1.82) is 0 Å². The Kier molecular flexibility index (Phi) is 8.18. The van der Waals surface area contributed by atoms with Crippen molar-refractivity contribution < 1.29 is 4.43 Å². The van der Waals surface area contributed by atoms with E-state index in [1.165, 1.54) is 49.8 Å². The summed E-state index contributed by atoms with van der Waals surface area (Å²) in [5, 5.41) is 1.42. The van der Waals surface area contributed by atoms with E-state index in [1.54, 1.807) is 0 Å². The standard InChI is InChI=1S/C15H25IOSi/c1-3-4-5-6-7-11-14-18(16,17-2)15-12-9-8-10-13-15/h8-10,12-13H,3-7,11,14H2,1-2H3. The summed E-state index contributed by atoms with van der Waals surface area (Å²) in [6.07, 6.45) is 8.15. The molecule has 1 atom stereocenters. The first-order valence-corrected chi connectivity index (χ1v) is 12.3. The molecule has 0 amide bonds. The van der Waals surface area contributed by atoms with Gasteiger partial charge in [-0.1, -0.05) is 97.6 Å². The molecule has 0 aliphatic carbocycles. The Morgan fingerprint density at radius 3 is 2.22 bits per heavy atom. The third kappa shape index (κ3) is 5.41. The van der Waals surface area contributed by atoms with Crippen LogP contribution in [0.3, 0.4) is 0 Å². The zero-order valence-corrected chi connectivity index (χ0v) is 14.8. The molecule has 0 saturated carbocycles. The lowest BCUT2D eigenvalue weighted by Crippen LogP contribution is -2.43. The van der Waals surface area contributed by atoms with Crippen molar-refractivity contribution in [1.82, 2.24) is 0 Å². The molecule has 1 unspecified atom stereocenters. The van der Waals surface area contributed by atoms with Crippen LogP contribution in [0, 0.1) is 0 Å². The summed E-state index contributed by atoms with van der Waals surface area (Å²) in [5.41, 5.74) is 0. The normalized spacial score (nSPS) is 14.4. The minimum atomic E-state index is -1.70. The van der Waals surface area contributed by atoms with Crippen molar-refractivity contribution in [2.24, 2.45) is 0 Å². The SMILES string of the molecule is CCCCCCCC[Si](I)(OC)c1ccccc1. The molecule has 0 N–H and O–H groups in total. The molecule has 0 aliphatic heterocycles. The summed E-state index contributed by atoms with van der Waals surface area (Å²) >= 11 is 2.59. The van der Waals surface area contributed by atoms with Gasteiger partial charge in [0, 0.05) is 7.11 Å². The lowest BCUT2D eigenvalue weighted by molar-refractivity contribution is 0.423. The maximum atomic E-state index is 5.88. The summed E-state index contributed by atoms with van der Waals surface area (Å²) in [6.45, 7) is 2.27. The highest BCUT2D eigenvalue weighted by atomic mass is 127. The molecule has 1 aromatic rings. The van der Waals surface area contributed by atoms with E-state index in [-0.39, 0.29) is 0 Å². The zero-order chi connectivity index (χ0) is 13.3. The third-order valence-electron chi connectivity index (χ3n) is 3.38. The van der Waals surface area contributed by atoms with Crippen LogP contribution < -0.4 is 5.19 Å². The Balaban J connectivity index is 2.37. The van der Waals surface area contributed by atoms with Crippen LogP contribution in [-0.4, -0.2) is 12.9 Å². The van der Waals surface area contributed by atoms with Gasteiger partial charge in [-0.15, -0.1) is 0 Å². The van der Waals surface area contributed by atoms with Crippen LogP contribution in [0.1, 0.15) is 45.4 Å². The third-order valence-corrected chi connectivity index (χ3v) is 11.0. The van der Waals surface area contributed by atoms with E-state index >= 15 is 0 Å². The molecular weight excluding hydrogens is 351 g/mol. The van der Waals surface area contributed by atoms with E-state index in [4.69, 9.17) is 4.43 Å². The largest absolute Gasteiger partial charge is 0.407 e. The second kappa shape index (κ2) is 9.10. The molecule has 1 nitrogen and oxygen atoms in total. The lowest BCUT2D eigenvalue weighted by atomic mass is 10.1. The Morgan fingerprint density at radius 2 is 1.61 bits per heavy atom. The lowest BCUT2D eigenvalue weighted by Gasteiger charge is -2.23. The van der Waals surface area contributed by atoms with Crippen LogP contribution in [0.5, 0.6) is 0 Å². The summed E-state index contributed by atoms with van der Waals surface area (Å²) in [6, 6.07) is 12.0. The number of hydrogen-bond donors (Lipinski definition) is 0. The summed E-state index contributed by atoms with van der Waals surface area (Å²) in [4.78, 5) is 0. The Morgan fingerprint density at radius 1 is 1.00 bits per heavy atom. The van der Waals surface area contributed by atoms with Crippen molar-refractivity contribution in [3.63, 3.8) is 0 Å². The van der Waals surface area contributed by atoms with Crippen LogP contribution in [-0.2, 0) is 4.43 Å². The van der Waals surface area contributed by atoms with Crippen LogP contribution in [0.15, 0.2) is 30.3 Å². The van der Waals surface area contributed by atoms with Crippen LogP contribution in [0.4, 0.5) is 0 Å². The van der Waals surface area contributed by atoms with Gasteiger partial charge in [0.25, 0.3) is 5.81 Å². The molecule has 0 heterocycles. The highest BCUT2D eigenvalue weighted by molar-refractivity contribution is 14.1. The predicted octanol–water partition coefficient (Wildman–Crippen LogP) is 4.78. The monoisotopic (exact) mass is 376 g/mol. The first-order chi connectivity index (χ1) is 8.73. The average Bonchev–Trinajstić information content (AvgIpc) is 2.43. The highest BCUT2D eigenvalue weighted by Gasteiger charge is 2.32. The van der Waals surface area contributed by atoms with Gasteiger partial charge in [-0.25, -0.2) is 0 Å². The van der Waals surface area contributed by atoms with Gasteiger partial charge < -0.3 is 4.43 Å². The second-order valence-electron chi connectivity index (χ2n) is 4.82. The minimum absolute atomic E-state index is 1.24. The molecule has 18 heavy (non-hydrogen) atoms. The Labute approximate surface area is 126 Å². The maximum Gasteiger partial charge on any atom is 0.290 e. The molecule has 3 heteroatoms. The van der Waals surface area contributed by atoms with Crippen molar-refractivity contribution in [2.75, 3.05) is 7.11 Å². The predicted molar refractivity (Wildman–Crippen MR) is 91.0 cm³/mol. The minimum Gasteiger partial charge on any atom is -0.407 e. The molecule has 102 valence electrons. The fourth-order valence-corrected chi connectivity index (χ4v) is 6.53. The molecule has 1 aromatic carbocycles. The van der Waals surface area contributed by atoms with Gasteiger partial charge in [0.2, 0.25) is 0 Å². The van der Waals surface area contributed by atoms with Gasteiger partial charge in [-0.3, -0.25) is 0 Å². The van der Waals surface area contributed by atoms with E-state index in [2.05, 4.69) is 59.1 Å². The van der Waals surface area contributed by atoms with Crippen LogP contribution in [0.25, 0.3) is 0 Å². The molecule has 0 aliphatic rings. The number of hydrogen-bond acceptors (Lipinski definition) is 1. The quantitative estimate of drug-likeness (QED) is 0.261. The maximum absolute atomic E-state index is 5.88. The molecule has 0 bridgehead atoms. The molecule has 1 rings (SSSR count). The smallest absolute Gasteiger partial charge is 0.290 e. The van der Waals surface area contributed by atoms with E-state index in [0.717, 1.165) is 0 Å². The van der Waals surface area contributed by atoms with Crippen LogP contribution >= 0.6 is 21.8 Å². The number of rotatable bonds is 9. The first kappa shape index (κ1) is 16.2. The summed E-state index contributed by atoms with van der Waals surface area (Å²) in [5.74, 6) is -1.70. The molecule has 0 aromatic heterocycles. The summed E-state index contributed by atoms with van der Waals surface area (Å²) < 4.78 is 5.88. The van der Waals surface area contributed by atoms with Gasteiger partial charge >= 0.3 is 0 Å². The van der Waals surface area contributed by atoms with Gasteiger partial charge in [0.05, 0.1) is 0 Å². The average molecular weight is 376 g/mol. The Hall–Kier alpha value is 0.127. The highest BCUT2D eigenvalue weighted by Crippen LogP contribution is 2.23. The van der Waals surface area contributed by atoms with Gasteiger partial charge in [0.15, 0.2) is 0 Å². The van der Waals surface area contributed by atoms with Gasteiger partial charge in [-0.05, 0) is 11.2 Å². The number of halogens is 1. The summed E-state index contributed by atoms with van der Waals surface area (Å²) in [7, 11) is 1.88. The van der Waals surface area contributed by atoms with Crippen molar-refractivity contribution in [2.45, 2.75) is 51.5 Å². The molecule has 0 saturated heterocycles. The fraction of sp³-hybridized carbons (Fsp3) is 0.600. The first-order valence-electron chi connectivity index (χ1n) is 7.02. The van der Waals surface area contributed by atoms with Crippen molar-refractivity contribution in [3.05, 3.63) is 30.3 Å². The van der Waals surface area contributed by atoms with E-state index in [0.29, 0.717) is 0 Å². The van der Waals surface area contributed by atoms with Gasteiger partial charge in [-0.2, -0.15) is 0 Å². The molecular formula is C15H25IOSi. The Bertz CT molecular complexity index is 318. The number of benzene rings is 1. The molecule has 0 spiro atoms. The molecule has 0 radical (unpaired) electrons. The van der Waals surface area contributed by atoms with E-state index < -0.39 is 5.81 Å². The molecule has 0 fully saturated rings. The van der Waals surface area contributed by atoms with E-state index in [9.17, 15) is 0 Å². The number of unbranched alkanes of at least 4 members (excludes halogenated alkanes) is 5. The van der Waals surface area contributed by atoms with Crippen LogP contribution in [0.2, 0.25) is 6.04 Å². The van der Waals surface area contributed by atoms with E-state index in [1.807, 2.05) is 7.11 Å². The van der Waals surface area contributed by atoms with Crippen molar-refractivity contribution in [3.8, 4) is 0 Å². The second-order valence-corrected chi connectivity index (χ2v) is 13.0. The topological polar surface area (TPSA) is 9.23 Å². The van der Waals surface area contributed by atoms with Gasteiger partial charge in [0.1, 0.15) is 0 Å².